The summed E-state index contributed by atoms with van der Waals surface area (Å²) in [4.78, 5) is 40.8. The zero-order chi connectivity index (χ0) is 23.7. The molecule has 2 aliphatic heterocycles. The molecule has 0 N–H and O–H groups in total. The monoisotopic (exact) mass is 485 g/mol. The summed E-state index contributed by atoms with van der Waals surface area (Å²) in [7, 11) is -2.50. The van der Waals surface area contributed by atoms with Crippen LogP contribution in [0.2, 0.25) is 0 Å². The van der Waals surface area contributed by atoms with Crippen molar-refractivity contribution in [3.05, 3.63) is 17.0 Å². The van der Waals surface area contributed by atoms with Crippen LogP contribution in [0.3, 0.4) is 0 Å². The van der Waals surface area contributed by atoms with Gasteiger partial charge in [-0.2, -0.15) is 4.31 Å². The molecule has 0 bridgehead atoms. The van der Waals surface area contributed by atoms with Crippen molar-refractivity contribution in [1.82, 2.24) is 14.1 Å². The predicted molar refractivity (Wildman–Crippen MR) is 120 cm³/mol. The van der Waals surface area contributed by atoms with Crippen molar-refractivity contribution in [3.8, 4) is 0 Å². The van der Waals surface area contributed by atoms with Crippen molar-refractivity contribution < 1.29 is 27.5 Å². The van der Waals surface area contributed by atoms with E-state index < -0.39 is 21.4 Å². The van der Waals surface area contributed by atoms with E-state index in [2.05, 4.69) is 4.74 Å². The molecule has 1 atom stereocenters. The van der Waals surface area contributed by atoms with Gasteiger partial charge in [0.25, 0.3) is 10.0 Å². The molecule has 2 aliphatic rings. The molecule has 2 saturated heterocycles. The van der Waals surface area contributed by atoms with Gasteiger partial charge in [0.05, 0.1) is 18.6 Å². The van der Waals surface area contributed by atoms with Gasteiger partial charge in [-0.3, -0.25) is 9.59 Å². The van der Waals surface area contributed by atoms with Crippen molar-refractivity contribution in [3.63, 3.8) is 0 Å². The zero-order valence-corrected chi connectivity index (χ0v) is 20.6. The van der Waals surface area contributed by atoms with E-state index in [1.807, 2.05) is 20.8 Å². The Morgan fingerprint density at radius 3 is 2.31 bits per heavy atom. The largest absolute Gasteiger partial charge is 0.465 e. The van der Waals surface area contributed by atoms with E-state index in [1.165, 1.54) is 22.9 Å². The first-order valence-electron chi connectivity index (χ1n) is 10.7. The lowest BCUT2D eigenvalue weighted by atomic mass is 9.90. The fraction of sp³-hybridized carbons (Fsp3) is 0.667. The van der Waals surface area contributed by atoms with Crippen LogP contribution in [-0.4, -0.2) is 86.7 Å². The van der Waals surface area contributed by atoms with Crippen molar-refractivity contribution in [2.45, 2.75) is 37.8 Å². The van der Waals surface area contributed by atoms with E-state index in [-0.39, 0.29) is 40.6 Å². The normalized spacial score (nSPS) is 20.8. The first kappa shape index (κ1) is 24.7. The molecular weight excluding hydrogens is 454 g/mol. The Hall–Kier alpha value is -1.98. The molecule has 178 valence electrons. The van der Waals surface area contributed by atoms with Gasteiger partial charge in [-0.05, 0) is 18.9 Å². The number of carbonyl (C=O) groups is 3. The van der Waals surface area contributed by atoms with Gasteiger partial charge >= 0.3 is 5.97 Å². The average molecular weight is 486 g/mol. The van der Waals surface area contributed by atoms with Crippen LogP contribution in [0.4, 0.5) is 0 Å². The van der Waals surface area contributed by atoms with Crippen molar-refractivity contribution in [1.29, 1.82) is 0 Å². The molecule has 9 nitrogen and oxygen atoms in total. The summed E-state index contributed by atoms with van der Waals surface area (Å²) in [5.74, 6) is -0.798. The van der Waals surface area contributed by atoms with Gasteiger partial charge < -0.3 is 14.5 Å². The number of methoxy groups -OCH3 is 1. The van der Waals surface area contributed by atoms with Gasteiger partial charge in [-0.15, -0.1) is 11.3 Å². The zero-order valence-electron chi connectivity index (χ0n) is 19.0. The van der Waals surface area contributed by atoms with Crippen molar-refractivity contribution >= 4 is 39.1 Å². The minimum Gasteiger partial charge on any atom is -0.465 e. The number of piperazine rings is 1. The summed E-state index contributed by atoms with van der Waals surface area (Å²) < 4.78 is 31.9. The summed E-state index contributed by atoms with van der Waals surface area (Å²) in [6.07, 6.45) is 1.52. The van der Waals surface area contributed by atoms with E-state index in [4.69, 9.17) is 0 Å². The Balaban J connectivity index is 1.60. The maximum atomic E-state index is 13.1. The minimum atomic E-state index is -3.74. The fourth-order valence-corrected chi connectivity index (χ4v) is 6.77. The van der Waals surface area contributed by atoms with Crippen LogP contribution in [-0.2, 0) is 24.3 Å². The molecule has 2 amide bonds. The van der Waals surface area contributed by atoms with Crippen LogP contribution >= 0.6 is 11.3 Å². The number of rotatable bonds is 4. The first-order chi connectivity index (χ1) is 14.9. The Morgan fingerprint density at radius 2 is 1.72 bits per heavy atom. The van der Waals surface area contributed by atoms with Gasteiger partial charge in [0.2, 0.25) is 11.8 Å². The highest BCUT2D eigenvalue weighted by molar-refractivity contribution is 7.91. The maximum absolute atomic E-state index is 13.1. The average Bonchev–Trinajstić information content (AvgIpc) is 3.28. The third kappa shape index (κ3) is 5.15. The van der Waals surface area contributed by atoms with E-state index in [9.17, 15) is 22.8 Å². The van der Waals surface area contributed by atoms with Gasteiger partial charge in [0.15, 0.2) is 0 Å². The lowest BCUT2D eigenvalue weighted by Crippen LogP contribution is -2.54. The molecule has 3 rings (SSSR count). The first-order valence-corrected chi connectivity index (χ1v) is 13.0. The van der Waals surface area contributed by atoms with Crippen LogP contribution in [0, 0.1) is 11.3 Å². The number of piperidine rings is 1. The molecular formula is C21H31N3O6S2. The van der Waals surface area contributed by atoms with Crippen LogP contribution in [0.15, 0.2) is 15.7 Å². The molecule has 0 spiro atoms. The van der Waals surface area contributed by atoms with E-state index >= 15 is 0 Å². The van der Waals surface area contributed by atoms with Crippen LogP contribution in [0.1, 0.15) is 44.0 Å². The molecule has 3 heterocycles. The molecule has 0 radical (unpaired) electrons. The summed E-state index contributed by atoms with van der Waals surface area (Å²) in [6, 6.07) is 1.33. The van der Waals surface area contributed by atoms with Gasteiger partial charge in [0, 0.05) is 50.1 Å². The maximum Gasteiger partial charge on any atom is 0.338 e. The van der Waals surface area contributed by atoms with Crippen LogP contribution in [0.25, 0.3) is 0 Å². The number of carbonyl (C=O) groups excluding carboxylic acids is 3. The number of sulfonamides is 1. The van der Waals surface area contributed by atoms with Gasteiger partial charge in [0.1, 0.15) is 4.21 Å². The third-order valence-corrected chi connectivity index (χ3v) is 9.15. The molecule has 32 heavy (non-hydrogen) atoms. The van der Waals surface area contributed by atoms with E-state index in [1.54, 1.807) is 9.80 Å². The van der Waals surface area contributed by atoms with Crippen LogP contribution in [0.5, 0.6) is 0 Å². The Labute approximate surface area is 193 Å². The molecule has 11 heteroatoms. The van der Waals surface area contributed by atoms with Crippen molar-refractivity contribution in [2.24, 2.45) is 11.3 Å². The molecule has 0 aromatic carbocycles. The topological polar surface area (TPSA) is 104 Å². The molecule has 1 aromatic rings. The quantitative estimate of drug-likeness (QED) is 0.601. The second-order valence-corrected chi connectivity index (χ2v) is 12.3. The summed E-state index contributed by atoms with van der Waals surface area (Å²) in [5.41, 5.74) is -0.281. The number of hydrogen-bond donors (Lipinski definition) is 0. The van der Waals surface area contributed by atoms with Gasteiger partial charge in [-0.25, -0.2) is 13.2 Å². The predicted octanol–water partition coefficient (Wildman–Crippen LogP) is 1.65. The van der Waals surface area contributed by atoms with E-state index in [0.29, 0.717) is 26.2 Å². The molecule has 2 fully saturated rings. The highest BCUT2D eigenvalue weighted by Gasteiger charge is 2.37. The lowest BCUT2D eigenvalue weighted by Gasteiger charge is -2.39. The third-order valence-electron chi connectivity index (χ3n) is 5.84. The number of hydrogen-bond acceptors (Lipinski definition) is 7. The molecule has 1 aromatic heterocycles. The summed E-state index contributed by atoms with van der Waals surface area (Å²) in [5, 5.41) is 1.46. The SMILES string of the molecule is COC(=O)c1csc(S(=O)(=O)N2CCN(C(=O)C3CCCN(C(=O)C(C)(C)C)C3)CC2)c1. The lowest BCUT2D eigenvalue weighted by molar-refractivity contribution is -0.145. The number of likely N-dealkylation sites (tertiary alicyclic amines) is 1. The molecule has 0 saturated carbocycles. The van der Waals surface area contributed by atoms with Crippen molar-refractivity contribution in [2.75, 3.05) is 46.4 Å². The Bertz CT molecular complexity index is 974. The number of ether oxygens (including phenoxy) is 1. The number of esters is 1. The molecule has 0 aliphatic carbocycles. The standard InChI is InChI=1S/C21H31N3O6S2/c1-21(2,3)20(27)23-7-5-6-15(13-23)18(25)22-8-10-24(11-9-22)32(28,29)17-12-16(14-31-17)19(26)30-4/h12,14-15H,5-11,13H2,1-4H3. The smallest absolute Gasteiger partial charge is 0.338 e. The Morgan fingerprint density at radius 1 is 1.06 bits per heavy atom. The summed E-state index contributed by atoms with van der Waals surface area (Å²) >= 11 is 0.980. The van der Waals surface area contributed by atoms with E-state index in [0.717, 1.165) is 24.2 Å². The minimum absolute atomic E-state index is 0.0161. The van der Waals surface area contributed by atoms with Crippen LogP contribution < -0.4 is 0 Å². The number of thiophene rings is 1. The molecule has 1 unspecified atom stereocenters. The number of nitrogens with zero attached hydrogens (tertiary/aromatic N) is 3. The van der Waals surface area contributed by atoms with Gasteiger partial charge in [-0.1, -0.05) is 20.8 Å². The number of amides is 2. The second-order valence-electron chi connectivity index (χ2n) is 9.22. The second kappa shape index (κ2) is 9.48. The highest BCUT2D eigenvalue weighted by atomic mass is 32.2. The Kier molecular flexibility index (Phi) is 7.31. The highest BCUT2D eigenvalue weighted by Crippen LogP contribution is 2.27. The summed E-state index contributed by atoms with van der Waals surface area (Å²) in [6.45, 7) is 7.70. The fourth-order valence-electron chi connectivity index (χ4n) is 4.05.